The number of fused-ring (bicyclic) bond motifs is 2. The zero-order valence-corrected chi connectivity index (χ0v) is 22.9. The molecule has 1 unspecified atom stereocenters. The van der Waals surface area contributed by atoms with Crippen LogP contribution >= 0.6 is 22.7 Å². The van der Waals surface area contributed by atoms with Gasteiger partial charge in [0.15, 0.2) is 10.8 Å². The molecule has 2 aliphatic rings. The number of aromatic nitrogens is 1. The maximum atomic E-state index is 13.6. The van der Waals surface area contributed by atoms with Crippen LogP contribution in [0, 0.1) is 0 Å². The van der Waals surface area contributed by atoms with Gasteiger partial charge < -0.3 is 25.8 Å². The molecular formula is C23H26N6O6S3. The number of nitrogens with two attached hydrogens (primary N) is 1. The van der Waals surface area contributed by atoms with Gasteiger partial charge in [-0.1, -0.05) is 5.16 Å². The Kier molecular flexibility index (Phi) is 7.13. The average Bonchev–Trinajstić information content (AvgIpc) is 3.51. The summed E-state index contributed by atoms with van der Waals surface area (Å²) in [5.74, 6) is -1.58. The number of amidine groups is 1. The topological polar surface area (TPSA) is 170 Å². The molecule has 4 N–H and O–H groups in total. The fourth-order valence-electron chi connectivity index (χ4n) is 4.72. The van der Waals surface area contributed by atoms with E-state index in [-0.39, 0.29) is 42.0 Å². The molecule has 1 atom stereocenters. The van der Waals surface area contributed by atoms with Crippen LogP contribution in [0.2, 0.25) is 0 Å². The summed E-state index contributed by atoms with van der Waals surface area (Å²) >= 11 is 2.40. The fraction of sp³-hybridized carbons (Fsp3) is 0.391. The highest BCUT2D eigenvalue weighted by Crippen LogP contribution is 2.33. The van der Waals surface area contributed by atoms with Crippen LogP contribution in [0.4, 0.5) is 0 Å². The number of oxime groups is 1. The summed E-state index contributed by atoms with van der Waals surface area (Å²) in [6.07, 6.45) is 0.359. The summed E-state index contributed by atoms with van der Waals surface area (Å²) in [5, 5.41) is 22.4. The standard InChI is InChI=1S/C23H26N6O6S3/c1-27-5-4-16-18(12-27)37-22(25-16)23(32)29-7-6-28(11-15(29)10-19(30)31)38(34,35)20-9-14-8-13(21(24)26-33)2-3-17(14)36-20/h2-3,8-9,15,33H,4-7,10-12H2,1H3,(H2,24,26)(H,30,31). The number of amides is 1. The molecule has 0 bridgehead atoms. The van der Waals surface area contributed by atoms with Crippen LogP contribution < -0.4 is 5.73 Å². The molecule has 0 saturated carbocycles. The predicted molar refractivity (Wildman–Crippen MR) is 142 cm³/mol. The van der Waals surface area contributed by atoms with Gasteiger partial charge in [0, 0.05) is 54.3 Å². The van der Waals surface area contributed by atoms with E-state index in [0.29, 0.717) is 27.2 Å². The maximum absolute atomic E-state index is 13.6. The zero-order valence-electron chi connectivity index (χ0n) is 20.4. The summed E-state index contributed by atoms with van der Waals surface area (Å²) in [7, 11) is -1.96. The van der Waals surface area contributed by atoms with E-state index in [4.69, 9.17) is 10.9 Å². The van der Waals surface area contributed by atoms with Gasteiger partial charge in [0.2, 0.25) is 0 Å². The Labute approximate surface area is 226 Å². The highest BCUT2D eigenvalue weighted by molar-refractivity contribution is 7.91. The molecule has 2 aromatic heterocycles. The first-order chi connectivity index (χ1) is 18.1. The van der Waals surface area contributed by atoms with Gasteiger partial charge in [-0.2, -0.15) is 4.31 Å². The molecule has 1 fully saturated rings. The van der Waals surface area contributed by atoms with Crippen molar-refractivity contribution in [3.05, 3.63) is 45.4 Å². The van der Waals surface area contributed by atoms with Gasteiger partial charge in [0.1, 0.15) is 4.21 Å². The molecule has 12 nitrogen and oxygen atoms in total. The first-order valence-electron chi connectivity index (χ1n) is 11.8. The quantitative estimate of drug-likeness (QED) is 0.169. The third-order valence-electron chi connectivity index (χ3n) is 6.71. The van der Waals surface area contributed by atoms with Gasteiger partial charge in [-0.3, -0.25) is 9.59 Å². The summed E-state index contributed by atoms with van der Waals surface area (Å²) in [6, 6.07) is 5.64. The van der Waals surface area contributed by atoms with Gasteiger partial charge in [-0.25, -0.2) is 13.4 Å². The number of carboxylic acids is 1. The van der Waals surface area contributed by atoms with Crippen molar-refractivity contribution in [3.8, 4) is 0 Å². The van der Waals surface area contributed by atoms with Crippen LogP contribution in [0.15, 0.2) is 33.6 Å². The molecular weight excluding hydrogens is 552 g/mol. The van der Waals surface area contributed by atoms with Crippen LogP contribution in [0.5, 0.6) is 0 Å². The third kappa shape index (κ3) is 4.99. The minimum absolute atomic E-state index is 0.0294. The van der Waals surface area contributed by atoms with Crippen molar-refractivity contribution in [2.24, 2.45) is 10.9 Å². The molecule has 0 aliphatic carbocycles. The molecule has 4 heterocycles. The second-order valence-corrected chi connectivity index (χ2v) is 13.6. The molecule has 38 heavy (non-hydrogen) atoms. The highest BCUT2D eigenvalue weighted by atomic mass is 32.2. The number of aliphatic carboxylic acids is 1. The first-order valence-corrected chi connectivity index (χ1v) is 14.9. The number of sulfonamides is 1. The molecule has 1 saturated heterocycles. The van der Waals surface area contributed by atoms with Crippen molar-refractivity contribution in [1.82, 2.24) is 19.1 Å². The minimum atomic E-state index is -3.96. The summed E-state index contributed by atoms with van der Waals surface area (Å²) < 4.78 is 29.1. The van der Waals surface area contributed by atoms with Crippen molar-refractivity contribution in [1.29, 1.82) is 0 Å². The number of rotatable bonds is 6. The van der Waals surface area contributed by atoms with Crippen molar-refractivity contribution < 1.29 is 28.3 Å². The van der Waals surface area contributed by atoms with Gasteiger partial charge >= 0.3 is 5.97 Å². The lowest BCUT2D eigenvalue weighted by Gasteiger charge is -2.39. The Morgan fingerprint density at radius 3 is 2.74 bits per heavy atom. The van der Waals surface area contributed by atoms with E-state index in [0.717, 1.165) is 34.9 Å². The number of nitrogens with zero attached hydrogens (tertiary/aromatic N) is 5. The van der Waals surface area contributed by atoms with E-state index in [9.17, 15) is 23.1 Å². The highest BCUT2D eigenvalue weighted by Gasteiger charge is 2.39. The Morgan fingerprint density at radius 2 is 2.00 bits per heavy atom. The number of hydrogen-bond acceptors (Lipinski definition) is 10. The van der Waals surface area contributed by atoms with Crippen LogP contribution in [0.3, 0.4) is 0 Å². The van der Waals surface area contributed by atoms with E-state index in [1.54, 1.807) is 18.2 Å². The van der Waals surface area contributed by atoms with E-state index in [2.05, 4.69) is 15.0 Å². The molecule has 1 amide bonds. The molecule has 202 valence electrons. The number of piperazine rings is 1. The van der Waals surface area contributed by atoms with E-state index < -0.39 is 22.0 Å². The number of carbonyl (C=O) groups is 2. The molecule has 0 spiro atoms. The minimum Gasteiger partial charge on any atom is -0.481 e. The Balaban J connectivity index is 1.39. The van der Waals surface area contributed by atoms with Crippen molar-refractivity contribution in [3.63, 3.8) is 0 Å². The summed E-state index contributed by atoms with van der Waals surface area (Å²) in [4.78, 5) is 34.2. The van der Waals surface area contributed by atoms with Crippen molar-refractivity contribution >= 4 is 60.5 Å². The molecule has 0 radical (unpaired) electrons. The molecule has 2 aliphatic heterocycles. The van der Waals surface area contributed by atoms with Crippen LogP contribution in [-0.2, 0) is 27.8 Å². The Hall–Kier alpha value is -3.11. The predicted octanol–water partition coefficient (Wildman–Crippen LogP) is 1.43. The second kappa shape index (κ2) is 10.2. The lowest BCUT2D eigenvalue weighted by atomic mass is 10.1. The monoisotopic (exact) mass is 578 g/mol. The van der Waals surface area contributed by atoms with Crippen molar-refractivity contribution in [2.75, 3.05) is 33.2 Å². The molecule has 1 aromatic carbocycles. The first kappa shape index (κ1) is 26.5. The maximum Gasteiger partial charge on any atom is 0.305 e. The zero-order chi connectivity index (χ0) is 27.2. The van der Waals surface area contributed by atoms with Gasteiger partial charge in [-0.05, 0) is 36.7 Å². The van der Waals surface area contributed by atoms with Crippen LogP contribution in [0.1, 0.15) is 32.4 Å². The summed E-state index contributed by atoms with van der Waals surface area (Å²) in [5.41, 5.74) is 7.00. The lowest BCUT2D eigenvalue weighted by molar-refractivity contribution is -0.138. The number of benzene rings is 1. The number of thiophene rings is 1. The smallest absolute Gasteiger partial charge is 0.305 e. The number of thiazole rings is 1. The summed E-state index contributed by atoms with van der Waals surface area (Å²) in [6.45, 7) is 1.50. The van der Waals surface area contributed by atoms with E-state index in [1.807, 2.05) is 7.05 Å². The molecule has 5 rings (SSSR count). The van der Waals surface area contributed by atoms with Crippen LogP contribution in [-0.4, -0.2) is 94.8 Å². The normalized spacial score (nSPS) is 19.6. The van der Waals surface area contributed by atoms with Gasteiger partial charge in [-0.15, -0.1) is 22.7 Å². The van der Waals surface area contributed by atoms with E-state index in [1.165, 1.54) is 26.6 Å². The SMILES string of the molecule is CN1CCc2nc(C(=O)N3CCN(S(=O)(=O)c4cc5cc(C(N)=NO)ccc5s4)CC3CC(=O)O)sc2C1. The van der Waals surface area contributed by atoms with E-state index >= 15 is 0 Å². The Morgan fingerprint density at radius 1 is 1.21 bits per heavy atom. The number of carboxylic acid groups (broad SMARTS) is 1. The molecule has 3 aromatic rings. The Bertz CT molecular complexity index is 1550. The lowest BCUT2D eigenvalue weighted by Crippen LogP contribution is -2.57. The number of carbonyl (C=O) groups excluding carboxylic acids is 1. The molecule has 15 heteroatoms. The second-order valence-electron chi connectivity index (χ2n) is 9.29. The van der Waals surface area contributed by atoms with Gasteiger partial charge in [0.05, 0.1) is 18.2 Å². The fourth-order valence-corrected chi connectivity index (χ4v) is 8.86. The van der Waals surface area contributed by atoms with Gasteiger partial charge in [0.25, 0.3) is 15.9 Å². The largest absolute Gasteiger partial charge is 0.481 e. The van der Waals surface area contributed by atoms with Crippen molar-refractivity contribution in [2.45, 2.75) is 29.6 Å². The number of likely N-dealkylation sites (N-methyl/N-ethyl adjacent to an activating group) is 1. The number of hydrogen-bond donors (Lipinski definition) is 3. The average molecular weight is 579 g/mol. The van der Waals surface area contributed by atoms with Crippen LogP contribution in [0.25, 0.3) is 10.1 Å². The third-order valence-corrected chi connectivity index (χ3v) is 11.2.